The van der Waals surface area contributed by atoms with E-state index in [0.29, 0.717) is 5.82 Å². The molecule has 0 aliphatic rings. The van der Waals surface area contributed by atoms with Crippen molar-refractivity contribution >= 4 is 29.3 Å². The molecule has 3 rings (SSSR count). The Labute approximate surface area is 181 Å². The Bertz CT molecular complexity index is 1090. The number of ether oxygens (including phenoxy) is 1. The first-order valence-electron chi connectivity index (χ1n) is 9.21. The van der Waals surface area contributed by atoms with Crippen LogP contribution in [0.3, 0.4) is 0 Å². The zero-order chi connectivity index (χ0) is 22.5. The van der Waals surface area contributed by atoms with E-state index in [-0.39, 0.29) is 28.3 Å². The van der Waals surface area contributed by atoms with E-state index in [4.69, 9.17) is 16.3 Å². The first-order chi connectivity index (χ1) is 14.8. The average Bonchev–Trinajstić information content (AvgIpc) is 3.20. The molecule has 2 aromatic heterocycles. The predicted octanol–water partition coefficient (Wildman–Crippen LogP) is 3.30. The van der Waals surface area contributed by atoms with Crippen LogP contribution in [0.4, 0.5) is 14.9 Å². The van der Waals surface area contributed by atoms with Gasteiger partial charge >= 0.3 is 12.0 Å². The van der Waals surface area contributed by atoms with E-state index < -0.39 is 23.9 Å². The van der Waals surface area contributed by atoms with E-state index in [0.717, 1.165) is 12.1 Å². The molecule has 1 unspecified atom stereocenters. The number of rotatable bonds is 6. The third kappa shape index (κ3) is 5.31. The first kappa shape index (κ1) is 22.1. The lowest BCUT2D eigenvalue weighted by Crippen LogP contribution is -2.33. The van der Waals surface area contributed by atoms with Gasteiger partial charge in [0, 0.05) is 12.4 Å². The quantitative estimate of drug-likeness (QED) is 0.555. The van der Waals surface area contributed by atoms with Crippen LogP contribution in [-0.4, -0.2) is 42.8 Å². The lowest BCUT2D eigenvalue weighted by atomic mass is 10.2. The van der Waals surface area contributed by atoms with Gasteiger partial charge in [-0.3, -0.25) is 0 Å². The Balaban J connectivity index is 1.74. The molecule has 2 N–H and O–H groups in total. The maximum atomic E-state index is 14.3. The average molecular weight is 448 g/mol. The van der Waals surface area contributed by atoms with Gasteiger partial charge in [-0.1, -0.05) is 11.6 Å². The molecule has 12 heteroatoms. The number of carbonyl (C=O) groups is 2. The summed E-state index contributed by atoms with van der Waals surface area (Å²) in [7, 11) is 0. The summed E-state index contributed by atoms with van der Waals surface area (Å²) in [6.45, 7) is 5.00. The third-order valence-corrected chi connectivity index (χ3v) is 4.23. The van der Waals surface area contributed by atoms with Gasteiger partial charge in [-0.05, 0) is 39.0 Å². The fourth-order valence-electron chi connectivity index (χ4n) is 2.60. The van der Waals surface area contributed by atoms with Crippen molar-refractivity contribution in [1.82, 2.24) is 30.0 Å². The Morgan fingerprint density at radius 3 is 2.55 bits per heavy atom. The standard InChI is InChI=1S/C19H19ClFN7O3/c1-10(2)31-17(29)12-7-15(14(21)8-13(12)20)27-19(30)26-11(3)16-24-9-25-28(16)18-22-5-4-6-23-18/h4-11H,1-3H3,(H2,26,27,30). The highest BCUT2D eigenvalue weighted by Crippen LogP contribution is 2.25. The van der Waals surface area contributed by atoms with Crippen LogP contribution in [0.1, 0.15) is 43.0 Å². The highest BCUT2D eigenvalue weighted by molar-refractivity contribution is 6.33. The monoisotopic (exact) mass is 447 g/mol. The lowest BCUT2D eigenvalue weighted by molar-refractivity contribution is 0.0378. The molecule has 31 heavy (non-hydrogen) atoms. The number of amides is 2. The summed E-state index contributed by atoms with van der Waals surface area (Å²) in [5.74, 6) is -0.900. The van der Waals surface area contributed by atoms with Crippen LogP contribution < -0.4 is 10.6 Å². The van der Waals surface area contributed by atoms with Crippen molar-refractivity contribution < 1.29 is 18.7 Å². The van der Waals surface area contributed by atoms with Gasteiger partial charge in [0.15, 0.2) is 5.82 Å². The minimum atomic E-state index is -0.810. The van der Waals surface area contributed by atoms with E-state index >= 15 is 0 Å². The van der Waals surface area contributed by atoms with Gasteiger partial charge in [-0.15, -0.1) is 0 Å². The van der Waals surface area contributed by atoms with Crippen LogP contribution in [0.2, 0.25) is 5.02 Å². The second kappa shape index (κ2) is 9.47. The first-order valence-corrected chi connectivity index (χ1v) is 9.59. The molecule has 0 spiro atoms. The molecule has 3 aromatic rings. The summed E-state index contributed by atoms with van der Waals surface area (Å²) in [4.78, 5) is 36.9. The molecule has 0 aliphatic carbocycles. The number of anilines is 1. The molecule has 10 nitrogen and oxygen atoms in total. The number of nitrogens with zero attached hydrogens (tertiary/aromatic N) is 5. The zero-order valence-corrected chi connectivity index (χ0v) is 17.6. The number of carbonyl (C=O) groups excluding carboxylic acids is 2. The number of aromatic nitrogens is 5. The van der Waals surface area contributed by atoms with Crippen LogP contribution in [0.15, 0.2) is 36.9 Å². The topological polar surface area (TPSA) is 124 Å². The van der Waals surface area contributed by atoms with Crippen molar-refractivity contribution in [3.8, 4) is 5.95 Å². The summed E-state index contributed by atoms with van der Waals surface area (Å²) < 4.78 is 20.7. The molecule has 0 saturated carbocycles. The van der Waals surface area contributed by atoms with Gasteiger partial charge in [0.05, 0.1) is 28.4 Å². The third-order valence-electron chi connectivity index (χ3n) is 3.92. The van der Waals surface area contributed by atoms with E-state index in [2.05, 4.69) is 30.7 Å². The number of nitrogens with one attached hydrogen (secondary N) is 2. The number of benzene rings is 1. The van der Waals surface area contributed by atoms with Gasteiger partial charge in [-0.25, -0.2) is 28.9 Å². The SMILES string of the molecule is CC(C)OC(=O)c1cc(NC(=O)NC(C)c2ncnn2-c2ncccn2)c(F)cc1Cl. The fraction of sp³-hybridized carbons (Fsp3) is 0.263. The van der Waals surface area contributed by atoms with Crippen LogP contribution in [0.25, 0.3) is 5.95 Å². The number of urea groups is 1. The summed E-state index contributed by atoms with van der Waals surface area (Å²) >= 11 is 5.94. The molecule has 0 radical (unpaired) electrons. The highest BCUT2D eigenvalue weighted by Gasteiger charge is 2.21. The molecule has 162 valence electrons. The van der Waals surface area contributed by atoms with E-state index in [1.807, 2.05) is 0 Å². The number of esters is 1. The van der Waals surface area contributed by atoms with E-state index in [9.17, 15) is 14.0 Å². The summed E-state index contributed by atoms with van der Waals surface area (Å²) in [5, 5.41) is 8.91. The van der Waals surface area contributed by atoms with Gasteiger partial charge in [-0.2, -0.15) is 9.78 Å². The Morgan fingerprint density at radius 1 is 1.16 bits per heavy atom. The molecule has 1 aromatic carbocycles. The zero-order valence-electron chi connectivity index (χ0n) is 16.8. The Morgan fingerprint density at radius 2 is 1.87 bits per heavy atom. The van der Waals surface area contributed by atoms with Crippen LogP contribution in [0, 0.1) is 5.82 Å². The van der Waals surface area contributed by atoms with Crippen molar-refractivity contribution in [2.75, 3.05) is 5.32 Å². The normalized spacial score (nSPS) is 11.8. The number of hydrogen-bond acceptors (Lipinski definition) is 7. The molecule has 0 saturated heterocycles. The fourth-order valence-corrected chi connectivity index (χ4v) is 2.83. The van der Waals surface area contributed by atoms with Gasteiger partial charge < -0.3 is 15.4 Å². The Hall–Kier alpha value is -3.60. The van der Waals surface area contributed by atoms with Crippen molar-refractivity contribution in [1.29, 1.82) is 0 Å². The highest BCUT2D eigenvalue weighted by atomic mass is 35.5. The molecular formula is C19H19ClFN7O3. The Kier molecular flexibility index (Phi) is 6.75. The maximum Gasteiger partial charge on any atom is 0.339 e. The number of halogens is 2. The lowest BCUT2D eigenvalue weighted by Gasteiger charge is -2.16. The van der Waals surface area contributed by atoms with Crippen molar-refractivity contribution in [3.63, 3.8) is 0 Å². The second-order valence-corrected chi connectivity index (χ2v) is 7.07. The maximum absolute atomic E-state index is 14.3. The van der Waals surface area contributed by atoms with Crippen LogP contribution >= 0.6 is 11.6 Å². The molecular weight excluding hydrogens is 429 g/mol. The smallest absolute Gasteiger partial charge is 0.339 e. The number of hydrogen-bond donors (Lipinski definition) is 2. The largest absolute Gasteiger partial charge is 0.459 e. The summed E-state index contributed by atoms with van der Waals surface area (Å²) in [6, 6.07) is 2.34. The van der Waals surface area contributed by atoms with E-state index in [1.54, 1.807) is 39.2 Å². The molecule has 0 aliphatic heterocycles. The molecule has 0 fully saturated rings. The van der Waals surface area contributed by atoms with E-state index in [1.165, 1.54) is 11.0 Å². The summed E-state index contributed by atoms with van der Waals surface area (Å²) in [6.07, 6.45) is 4.00. The van der Waals surface area contributed by atoms with Gasteiger partial charge in [0.25, 0.3) is 5.95 Å². The molecule has 1 atom stereocenters. The molecule has 2 heterocycles. The second-order valence-electron chi connectivity index (χ2n) is 6.66. The predicted molar refractivity (Wildman–Crippen MR) is 109 cm³/mol. The van der Waals surface area contributed by atoms with Crippen LogP contribution in [-0.2, 0) is 4.74 Å². The van der Waals surface area contributed by atoms with Gasteiger partial charge in [0.2, 0.25) is 0 Å². The van der Waals surface area contributed by atoms with Gasteiger partial charge in [0.1, 0.15) is 12.1 Å². The van der Waals surface area contributed by atoms with Crippen molar-refractivity contribution in [3.05, 3.63) is 59.1 Å². The van der Waals surface area contributed by atoms with Crippen LogP contribution in [0.5, 0.6) is 0 Å². The molecule has 0 bridgehead atoms. The molecule has 2 amide bonds. The van der Waals surface area contributed by atoms with Crippen molar-refractivity contribution in [2.45, 2.75) is 32.9 Å². The summed E-state index contributed by atoms with van der Waals surface area (Å²) in [5.41, 5.74) is -0.307. The minimum absolute atomic E-state index is 0.0684. The minimum Gasteiger partial charge on any atom is -0.459 e. The van der Waals surface area contributed by atoms with Crippen molar-refractivity contribution in [2.24, 2.45) is 0 Å².